The Morgan fingerprint density at radius 2 is 1.74 bits per heavy atom. The lowest BCUT2D eigenvalue weighted by atomic mass is 10.1. The molecule has 0 bridgehead atoms. The minimum Gasteiger partial charge on any atom is -0.497 e. The molecule has 0 fully saturated rings. The van der Waals surface area contributed by atoms with Crippen LogP contribution < -0.4 is 13.7 Å². The number of aryl methyl sites for hydroxylation is 1. The third-order valence-electron chi connectivity index (χ3n) is 5.46. The standard InChI is InChI=1S/C25H18FNO6S/c1-27-14-15(21-12-17(31-2)6-10-22(21)27)11-24-25(28)20-9-5-18(13-23(20)32-24)33-34(29,30)19-7-3-16(26)4-8-19/h3-14H,1-2H3/b24-11+. The number of Topliss-reactive ketones (excluding diaryl/α,β-unsaturated/α-hetero) is 1. The molecule has 0 amide bonds. The number of hydrogen-bond donors (Lipinski definition) is 0. The molecule has 0 saturated carbocycles. The van der Waals surface area contributed by atoms with Crippen molar-refractivity contribution in [3.8, 4) is 17.2 Å². The minimum absolute atomic E-state index is 0.0352. The van der Waals surface area contributed by atoms with Crippen molar-refractivity contribution >= 4 is 32.9 Å². The number of methoxy groups -OCH3 is 1. The number of rotatable bonds is 5. The molecule has 0 radical (unpaired) electrons. The highest BCUT2D eigenvalue weighted by Gasteiger charge is 2.29. The fourth-order valence-electron chi connectivity index (χ4n) is 3.78. The van der Waals surface area contributed by atoms with E-state index in [4.69, 9.17) is 13.7 Å². The van der Waals surface area contributed by atoms with Crippen LogP contribution in [0.3, 0.4) is 0 Å². The zero-order valence-corrected chi connectivity index (χ0v) is 18.9. The van der Waals surface area contributed by atoms with E-state index in [9.17, 15) is 17.6 Å². The van der Waals surface area contributed by atoms with Crippen molar-refractivity contribution in [3.63, 3.8) is 0 Å². The Labute approximate surface area is 194 Å². The van der Waals surface area contributed by atoms with Gasteiger partial charge in [0.2, 0.25) is 5.78 Å². The quantitative estimate of drug-likeness (QED) is 0.305. The molecular formula is C25H18FNO6S. The third kappa shape index (κ3) is 3.80. The van der Waals surface area contributed by atoms with Crippen molar-refractivity contribution in [1.29, 1.82) is 0 Å². The van der Waals surface area contributed by atoms with Gasteiger partial charge >= 0.3 is 10.1 Å². The summed E-state index contributed by atoms with van der Waals surface area (Å²) in [7, 11) is -0.709. The van der Waals surface area contributed by atoms with Gasteiger partial charge in [-0.3, -0.25) is 4.79 Å². The van der Waals surface area contributed by atoms with Crippen molar-refractivity contribution in [1.82, 2.24) is 4.57 Å². The van der Waals surface area contributed by atoms with E-state index >= 15 is 0 Å². The SMILES string of the molecule is COc1ccc2c(c1)c(/C=C1/Oc3cc(OS(=O)(=O)c4ccc(F)cc4)ccc3C1=O)cn2C. The Bertz CT molecular complexity index is 1590. The van der Waals surface area contributed by atoms with Crippen LogP contribution in [0, 0.1) is 5.82 Å². The average molecular weight is 479 g/mol. The second-order valence-corrected chi connectivity index (χ2v) is 9.21. The molecule has 34 heavy (non-hydrogen) atoms. The molecule has 5 rings (SSSR count). The molecule has 0 unspecified atom stereocenters. The van der Waals surface area contributed by atoms with Crippen LogP contribution in [0.25, 0.3) is 17.0 Å². The van der Waals surface area contributed by atoms with Crippen molar-refractivity contribution in [2.24, 2.45) is 7.05 Å². The maximum atomic E-state index is 13.1. The highest BCUT2D eigenvalue weighted by molar-refractivity contribution is 7.87. The van der Waals surface area contributed by atoms with Crippen LogP contribution in [-0.4, -0.2) is 25.9 Å². The zero-order chi connectivity index (χ0) is 24.0. The highest BCUT2D eigenvalue weighted by Crippen LogP contribution is 2.36. The van der Waals surface area contributed by atoms with Gasteiger partial charge in [0.25, 0.3) is 0 Å². The number of aromatic nitrogens is 1. The van der Waals surface area contributed by atoms with E-state index in [0.717, 1.165) is 40.7 Å². The first-order valence-electron chi connectivity index (χ1n) is 10.2. The Morgan fingerprint density at radius 3 is 2.47 bits per heavy atom. The van der Waals surface area contributed by atoms with E-state index in [0.29, 0.717) is 5.75 Å². The van der Waals surface area contributed by atoms with Gasteiger partial charge in [0, 0.05) is 35.8 Å². The largest absolute Gasteiger partial charge is 0.497 e. The Hall–Kier alpha value is -4.11. The van der Waals surface area contributed by atoms with Gasteiger partial charge in [-0.15, -0.1) is 0 Å². The molecule has 9 heteroatoms. The molecule has 4 aromatic rings. The predicted octanol–water partition coefficient (Wildman–Crippen LogP) is 4.71. The van der Waals surface area contributed by atoms with Crippen molar-refractivity contribution < 1.29 is 31.3 Å². The van der Waals surface area contributed by atoms with Crippen molar-refractivity contribution in [2.45, 2.75) is 4.90 Å². The molecule has 1 aromatic heterocycles. The van der Waals surface area contributed by atoms with Gasteiger partial charge < -0.3 is 18.2 Å². The molecule has 0 saturated heterocycles. The molecule has 0 atom stereocenters. The molecule has 0 aliphatic carbocycles. The number of ketones is 1. The smallest absolute Gasteiger partial charge is 0.339 e. The fourth-order valence-corrected chi connectivity index (χ4v) is 4.70. The first-order valence-corrected chi connectivity index (χ1v) is 11.6. The molecule has 7 nitrogen and oxygen atoms in total. The zero-order valence-electron chi connectivity index (χ0n) is 18.1. The summed E-state index contributed by atoms with van der Waals surface area (Å²) in [6.45, 7) is 0. The van der Waals surface area contributed by atoms with Gasteiger partial charge in [-0.2, -0.15) is 8.42 Å². The summed E-state index contributed by atoms with van der Waals surface area (Å²) in [5.41, 5.74) is 2.01. The van der Waals surface area contributed by atoms with Crippen LogP contribution in [0.5, 0.6) is 17.2 Å². The summed E-state index contributed by atoms with van der Waals surface area (Å²) in [6.07, 6.45) is 3.51. The molecular weight excluding hydrogens is 461 g/mol. The van der Waals surface area contributed by atoms with Gasteiger partial charge in [-0.1, -0.05) is 0 Å². The van der Waals surface area contributed by atoms with Gasteiger partial charge in [-0.05, 0) is 60.7 Å². The number of carbonyl (C=O) groups excluding carboxylic acids is 1. The summed E-state index contributed by atoms with van der Waals surface area (Å²) in [5, 5.41) is 0.885. The average Bonchev–Trinajstić information content (AvgIpc) is 3.29. The second-order valence-electron chi connectivity index (χ2n) is 7.67. The molecule has 2 heterocycles. The number of ether oxygens (including phenoxy) is 2. The third-order valence-corrected chi connectivity index (χ3v) is 6.73. The maximum Gasteiger partial charge on any atom is 0.339 e. The number of benzene rings is 3. The maximum absolute atomic E-state index is 13.1. The summed E-state index contributed by atoms with van der Waals surface area (Å²) in [6, 6.07) is 14.1. The molecule has 0 spiro atoms. The van der Waals surface area contributed by atoms with Crippen LogP contribution in [0.2, 0.25) is 0 Å². The number of hydrogen-bond acceptors (Lipinski definition) is 6. The van der Waals surface area contributed by atoms with E-state index in [1.54, 1.807) is 13.2 Å². The second kappa shape index (κ2) is 8.03. The topological polar surface area (TPSA) is 83.8 Å². The van der Waals surface area contributed by atoms with Gasteiger partial charge in [0.05, 0.1) is 12.7 Å². The first kappa shape index (κ1) is 21.7. The van der Waals surface area contributed by atoms with E-state index in [1.807, 2.05) is 36.0 Å². The molecule has 0 N–H and O–H groups in total. The summed E-state index contributed by atoms with van der Waals surface area (Å²) < 4.78 is 56.2. The summed E-state index contributed by atoms with van der Waals surface area (Å²) in [4.78, 5) is 12.7. The number of nitrogens with zero attached hydrogens (tertiary/aromatic N) is 1. The monoisotopic (exact) mass is 479 g/mol. The van der Waals surface area contributed by atoms with Gasteiger partial charge in [0.15, 0.2) is 5.76 Å². The van der Waals surface area contributed by atoms with E-state index in [1.165, 1.54) is 18.2 Å². The summed E-state index contributed by atoms with van der Waals surface area (Å²) in [5.74, 6) is 0.0383. The van der Waals surface area contributed by atoms with Gasteiger partial charge in [0.1, 0.15) is 28.0 Å². The van der Waals surface area contributed by atoms with E-state index < -0.39 is 15.9 Å². The molecule has 172 valence electrons. The minimum atomic E-state index is -4.19. The Kier molecular flexibility index (Phi) is 5.13. The van der Waals surface area contributed by atoms with E-state index in [2.05, 4.69) is 0 Å². The fraction of sp³-hybridized carbons (Fsp3) is 0.0800. The number of allylic oxidation sites excluding steroid dienone is 1. The molecule has 3 aromatic carbocycles. The summed E-state index contributed by atoms with van der Waals surface area (Å²) >= 11 is 0. The predicted molar refractivity (Wildman–Crippen MR) is 123 cm³/mol. The lowest BCUT2D eigenvalue weighted by Crippen LogP contribution is -2.09. The van der Waals surface area contributed by atoms with Crippen LogP contribution in [-0.2, 0) is 17.2 Å². The van der Waals surface area contributed by atoms with Crippen molar-refractivity contribution in [3.05, 3.63) is 89.6 Å². The van der Waals surface area contributed by atoms with Crippen LogP contribution in [0.4, 0.5) is 4.39 Å². The highest BCUT2D eigenvalue weighted by atomic mass is 32.2. The molecule has 1 aliphatic rings. The Balaban J connectivity index is 1.45. The lowest BCUT2D eigenvalue weighted by molar-refractivity contribution is 0.101. The first-order chi connectivity index (χ1) is 16.2. The number of carbonyl (C=O) groups is 1. The van der Waals surface area contributed by atoms with Gasteiger partial charge in [-0.25, -0.2) is 4.39 Å². The number of fused-ring (bicyclic) bond motifs is 2. The molecule has 1 aliphatic heterocycles. The van der Waals surface area contributed by atoms with E-state index in [-0.39, 0.29) is 33.5 Å². The van der Waals surface area contributed by atoms with Crippen LogP contribution in [0.15, 0.2) is 77.5 Å². The Morgan fingerprint density at radius 1 is 1.00 bits per heavy atom. The van der Waals surface area contributed by atoms with Crippen LogP contribution >= 0.6 is 0 Å². The lowest BCUT2D eigenvalue weighted by Gasteiger charge is -2.07. The van der Waals surface area contributed by atoms with Crippen LogP contribution in [0.1, 0.15) is 15.9 Å². The normalized spacial score (nSPS) is 14.3. The number of halogens is 1. The van der Waals surface area contributed by atoms with Crippen molar-refractivity contribution in [2.75, 3.05) is 7.11 Å².